The Morgan fingerprint density at radius 1 is 0.604 bits per heavy atom. The van der Waals surface area contributed by atoms with Crippen LogP contribution in [-0.2, 0) is 10.3 Å². The number of cyclic esters (lactones) is 1. The molecule has 48 heavy (non-hydrogen) atoms. The number of fused-ring (bicyclic) bond motifs is 1. The predicted octanol–water partition coefficient (Wildman–Crippen LogP) is 11.3. The second-order valence-electron chi connectivity index (χ2n) is 11.9. The zero-order valence-electron chi connectivity index (χ0n) is 26.8. The van der Waals surface area contributed by atoms with Crippen LogP contribution >= 0.6 is 55.1 Å². The van der Waals surface area contributed by atoms with Crippen molar-refractivity contribution in [2.24, 2.45) is 0 Å². The Kier molecular flexibility index (Phi) is 9.91. The van der Waals surface area contributed by atoms with E-state index >= 15 is 0 Å². The summed E-state index contributed by atoms with van der Waals surface area (Å²) in [6.07, 6.45) is 4.05. The van der Waals surface area contributed by atoms with Gasteiger partial charge in [0.15, 0.2) is 5.60 Å². The van der Waals surface area contributed by atoms with Gasteiger partial charge in [0.05, 0.1) is 20.1 Å². The molecule has 0 aliphatic carbocycles. The fourth-order valence-electron chi connectivity index (χ4n) is 5.90. The monoisotopic (exact) mass is 800 g/mol. The molecular weight excluding hydrogens is 771 g/mol. The Bertz CT molecular complexity index is 1940. The molecule has 1 aliphatic heterocycles. The van der Waals surface area contributed by atoms with Gasteiger partial charge in [0, 0.05) is 49.6 Å². The lowest BCUT2D eigenvalue weighted by atomic mass is 9.83. The summed E-state index contributed by atoms with van der Waals surface area (Å²) in [7, 11) is 8.05. The van der Waals surface area contributed by atoms with Gasteiger partial charge in [0.25, 0.3) is 0 Å². The van der Waals surface area contributed by atoms with E-state index < -0.39 is 11.6 Å². The van der Waals surface area contributed by atoms with E-state index in [-0.39, 0.29) is 10.0 Å². The standard InChI is InChI=1S/C40H32Br2Cl2N2O2/c1-45(2)29-19-15-27(16-20-29)31(25-11-7-5-8-12-25)23-40(34-33(39(47)48-40)35(41)37(43)38(44)36(34)42)24-32(26-13-9-6-10-14-26)28-17-21-30(22-18-28)46(3)4/h5-24H,1-4H3. The van der Waals surface area contributed by atoms with Crippen molar-refractivity contribution in [2.75, 3.05) is 38.0 Å². The number of nitrogens with zero attached hydrogens (tertiary/aromatic N) is 2. The molecule has 0 bridgehead atoms. The van der Waals surface area contributed by atoms with E-state index in [2.05, 4.69) is 114 Å². The third-order valence-corrected chi connectivity index (χ3v) is 11.3. The van der Waals surface area contributed by atoms with Crippen molar-refractivity contribution >= 4 is 83.6 Å². The van der Waals surface area contributed by atoms with Crippen molar-refractivity contribution in [3.63, 3.8) is 0 Å². The minimum atomic E-state index is -1.42. The summed E-state index contributed by atoms with van der Waals surface area (Å²) < 4.78 is 7.44. The van der Waals surface area contributed by atoms with Gasteiger partial charge in [-0.1, -0.05) is 108 Å². The average Bonchev–Trinajstić information content (AvgIpc) is 3.39. The fourth-order valence-corrected chi connectivity index (χ4v) is 7.77. The Labute approximate surface area is 308 Å². The molecule has 0 amide bonds. The molecular formula is C40H32Br2Cl2N2O2. The van der Waals surface area contributed by atoms with Gasteiger partial charge in [-0.3, -0.25) is 0 Å². The smallest absolute Gasteiger partial charge is 0.341 e. The van der Waals surface area contributed by atoms with E-state index in [4.69, 9.17) is 27.9 Å². The number of ether oxygens (including phenoxy) is 1. The molecule has 6 rings (SSSR count). The Morgan fingerprint density at radius 2 is 0.979 bits per heavy atom. The largest absolute Gasteiger partial charge is 0.442 e. The van der Waals surface area contributed by atoms with E-state index in [1.807, 2.05) is 76.7 Å². The number of carbonyl (C=O) groups excluding carboxylic acids is 1. The fraction of sp³-hybridized carbons (Fsp3) is 0.125. The van der Waals surface area contributed by atoms with Crippen LogP contribution in [0.5, 0.6) is 0 Å². The van der Waals surface area contributed by atoms with Gasteiger partial charge in [0.2, 0.25) is 0 Å². The molecule has 0 N–H and O–H groups in total. The molecule has 0 fully saturated rings. The van der Waals surface area contributed by atoms with Crippen LogP contribution in [0.25, 0.3) is 11.1 Å². The van der Waals surface area contributed by atoms with Crippen molar-refractivity contribution in [1.29, 1.82) is 0 Å². The number of carbonyl (C=O) groups is 1. The van der Waals surface area contributed by atoms with Gasteiger partial charge >= 0.3 is 5.97 Å². The highest BCUT2D eigenvalue weighted by Gasteiger charge is 2.48. The maximum atomic E-state index is 14.0. The van der Waals surface area contributed by atoms with Crippen LogP contribution in [0.3, 0.4) is 0 Å². The summed E-state index contributed by atoms with van der Waals surface area (Å²) in [5.41, 5.74) is 7.17. The highest BCUT2D eigenvalue weighted by Crippen LogP contribution is 2.53. The van der Waals surface area contributed by atoms with Gasteiger partial charge in [-0.05, 0) is 102 Å². The lowest BCUT2D eigenvalue weighted by Crippen LogP contribution is -2.23. The number of hydrogen-bond acceptors (Lipinski definition) is 4. The van der Waals surface area contributed by atoms with Gasteiger partial charge in [-0.25, -0.2) is 4.79 Å². The molecule has 0 unspecified atom stereocenters. The summed E-state index contributed by atoms with van der Waals surface area (Å²) in [5, 5.41) is 0.507. The molecule has 0 atom stereocenters. The number of hydrogen-bond donors (Lipinski definition) is 0. The minimum Gasteiger partial charge on any atom is -0.442 e. The van der Waals surface area contributed by atoms with Crippen LogP contribution < -0.4 is 9.80 Å². The number of benzene rings is 5. The van der Waals surface area contributed by atoms with Crippen molar-refractivity contribution in [3.8, 4) is 0 Å². The summed E-state index contributed by atoms with van der Waals surface area (Å²) in [5.74, 6) is -0.519. The summed E-state index contributed by atoms with van der Waals surface area (Å²) >= 11 is 20.8. The molecule has 8 heteroatoms. The zero-order chi connectivity index (χ0) is 34.2. The summed E-state index contributed by atoms with van der Waals surface area (Å²) in [6.45, 7) is 0. The third-order valence-electron chi connectivity index (χ3n) is 8.40. The van der Waals surface area contributed by atoms with Crippen LogP contribution in [0, 0.1) is 0 Å². The first kappa shape index (κ1) is 34.1. The maximum absolute atomic E-state index is 14.0. The molecule has 0 saturated heterocycles. The second kappa shape index (κ2) is 14.0. The van der Waals surface area contributed by atoms with E-state index in [9.17, 15) is 4.79 Å². The zero-order valence-corrected chi connectivity index (χ0v) is 31.5. The van der Waals surface area contributed by atoms with Crippen LogP contribution in [0.4, 0.5) is 11.4 Å². The SMILES string of the molecule is CN(C)c1ccc(C(=CC2(C=C(c3ccccc3)c3ccc(N(C)C)cc3)OC(=O)c3c(Br)c(Cl)c(Cl)c(Br)c32)c2ccccc2)cc1. The Morgan fingerprint density at radius 3 is 1.38 bits per heavy atom. The molecule has 0 radical (unpaired) electrons. The van der Waals surface area contributed by atoms with Crippen LogP contribution in [0.2, 0.25) is 10.0 Å². The first-order valence-electron chi connectivity index (χ1n) is 15.2. The second-order valence-corrected chi connectivity index (χ2v) is 14.3. The number of halogens is 4. The lowest BCUT2D eigenvalue weighted by molar-refractivity contribution is 0.0298. The topological polar surface area (TPSA) is 32.8 Å². The number of esters is 1. The first-order chi connectivity index (χ1) is 23.0. The predicted molar refractivity (Wildman–Crippen MR) is 208 cm³/mol. The van der Waals surface area contributed by atoms with Gasteiger partial charge in [-0.15, -0.1) is 0 Å². The van der Waals surface area contributed by atoms with Crippen LogP contribution in [-0.4, -0.2) is 34.2 Å². The third kappa shape index (κ3) is 6.47. The quantitative estimate of drug-likeness (QED) is 0.0889. The molecule has 4 nitrogen and oxygen atoms in total. The summed E-state index contributed by atoms with van der Waals surface area (Å²) in [4.78, 5) is 18.1. The molecule has 1 heterocycles. The highest BCUT2D eigenvalue weighted by molar-refractivity contribution is 9.11. The van der Waals surface area contributed by atoms with Crippen LogP contribution in [0.15, 0.2) is 130 Å². The van der Waals surface area contributed by atoms with Crippen molar-refractivity contribution in [2.45, 2.75) is 5.60 Å². The molecule has 0 spiro atoms. The maximum Gasteiger partial charge on any atom is 0.341 e. The molecule has 1 aliphatic rings. The van der Waals surface area contributed by atoms with Crippen molar-refractivity contribution < 1.29 is 9.53 Å². The van der Waals surface area contributed by atoms with Crippen molar-refractivity contribution in [3.05, 3.63) is 174 Å². The van der Waals surface area contributed by atoms with E-state index in [0.717, 1.165) is 44.8 Å². The highest BCUT2D eigenvalue weighted by atomic mass is 79.9. The average molecular weight is 803 g/mol. The molecule has 242 valence electrons. The Balaban J connectivity index is 1.73. The Hall–Kier alpha value is -3.81. The molecule has 0 aromatic heterocycles. The van der Waals surface area contributed by atoms with Crippen molar-refractivity contribution in [1.82, 2.24) is 0 Å². The van der Waals surface area contributed by atoms with Gasteiger partial charge in [-0.2, -0.15) is 0 Å². The summed E-state index contributed by atoms with van der Waals surface area (Å²) in [6, 6.07) is 36.8. The number of anilines is 2. The van der Waals surface area contributed by atoms with E-state index in [0.29, 0.717) is 20.1 Å². The normalized spacial score (nSPS) is 16.0. The first-order valence-corrected chi connectivity index (χ1v) is 17.6. The van der Waals surface area contributed by atoms with Crippen LogP contribution in [0.1, 0.15) is 38.2 Å². The molecule has 0 saturated carbocycles. The lowest BCUT2D eigenvalue weighted by Gasteiger charge is -2.27. The van der Waals surface area contributed by atoms with Gasteiger partial charge in [0.1, 0.15) is 0 Å². The molecule has 5 aromatic carbocycles. The number of rotatable bonds is 8. The van der Waals surface area contributed by atoms with E-state index in [1.165, 1.54) is 0 Å². The molecule has 5 aromatic rings. The minimum absolute atomic E-state index is 0.230. The van der Waals surface area contributed by atoms with E-state index in [1.54, 1.807) is 0 Å². The van der Waals surface area contributed by atoms with Gasteiger partial charge < -0.3 is 14.5 Å².